The van der Waals surface area contributed by atoms with Crippen molar-refractivity contribution in [3.8, 4) is 11.1 Å². The average molecular weight is 392 g/mol. The Kier molecular flexibility index (Phi) is 5.82. The maximum Gasteiger partial charge on any atom is 0.253 e. The number of carbonyl (C=O) groups is 1. The molecule has 3 rings (SSSR count). The van der Waals surface area contributed by atoms with Crippen LogP contribution in [-0.4, -0.2) is 43.3 Å². The number of carbonyl (C=O) groups excluding carboxylic acids is 1. The highest BCUT2D eigenvalue weighted by atomic mass is 32.2. The van der Waals surface area contributed by atoms with E-state index in [4.69, 9.17) is 0 Å². The van der Waals surface area contributed by atoms with Gasteiger partial charge < -0.3 is 4.90 Å². The third-order valence-corrected chi connectivity index (χ3v) is 8.09. The van der Waals surface area contributed by atoms with Crippen LogP contribution in [0, 0.1) is 5.92 Å². The Morgan fingerprint density at radius 3 is 2.31 bits per heavy atom. The smallest absolute Gasteiger partial charge is 0.253 e. The molecule has 1 aliphatic heterocycles. The minimum atomic E-state index is -3.06. The maximum absolute atomic E-state index is 12.7. The van der Waals surface area contributed by atoms with Crippen molar-refractivity contribution in [3.63, 3.8) is 0 Å². The van der Waals surface area contributed by atoms with Crippen LogP contribution in [0.15, 0.2) is 41.1 Å². The molecule has 4 nitrogen and oxygen atoms in total. The number of hydrogen-bond acceptors (Lipinski definition) is 4. The second-order valence-electron chi connectivity index (χ2n) is 7.30. The van der Waals surface area contributed by atoms with E-state index in [1.165, 1.54) is 0 Å². The summed E-state index contributed by atoms with van der Waals surface area (Å²) in [5, 5.41) is 3.81. The lowest BCUT2D eigenvalue weighted by molar-refractivity contribution is 0.0725. The third kappa shape index (κ3) is 4.35. The molecule has 140 valence electrons. The summed E-state index contributed by atoms with van der Waals surface area (Å²) in [6.07, 6.45) is 1.07. The van der Waals surface area contributed by atoms with Gasteiger partial charge in [-0.3, -0.25) is 4.79 Å². The first-order chi connectivity index (χ1) is 12.4. The lowest BCUT2D eigenvalue weighted by Gasteiger charge is -2.32. The van der Waals surface area contributed by atoms with Crippen LogP contribution in [0.2, 0.25) is 0 Å². The fraction of sp³-hybridized carbons (Fsp3) is 0.450. The highest BCUT2D eigenvalue weighted by molar-refractivity contribution is 7.92. The molecule has 0 saturated carbocycles. The number of benzene rings is 1. The molecule has 0 atom stereocenters. The van der Waals surface area contributed by atoms with Gasteiger partial charge in [-0.2, -0.15) is 11.3 Å². The van der Waals surface area contributed by atoms with Crippen LogP contribution in [0.3, 0.4) is 0 Å². The minimum absolute atomic E-state index is 0.0124. The summed E-state index contributed by atoms with van der Waals surface area (Å²) < 4.78 is 24.8. The van der Waals surface area contributed by atoms with Crippen molar-refractivity contribution in [3.05, 3.63) is 46.7 Å². The molecule has 0 N–H and O–H groups in total. The van der Waals surface area contributed by atoms with Gasteiger partial charge in [0.25, 0.3) is 5.91 Å². The lowest BCUT2D eigenvalue weighted by Crippen LogP contribution is -2.43. The first kappa shape index (κ1) is 19.1. The molecular weight excluding hydrogens is 366 g/mol. The van der Waals surface area contributed by atoms with Crippen molar-refractivity contribution in [1.29, 1.82) is 0 Å². The van der Waals surface area contributed by atoms with Gasteiger partial charge in [0.15, 0.2) is 9.84 Å². The van der Waals surface area contributed by atoms with Crippen LogP contribution in [0.1, 0.15) is 37.0 Å². The van der Waals surface area contributed by atoms with Crippen LogP contribution in [0.5, 0.6) is 0 Å². The molecule has 2 aromatic rings. The molecule has 0 bridgehead atoms. The maximum atomic E-state index is 12.7. The zero-order valence-electron chi connectivity index (χ0n) is 15.2. The van der Waals surface area contributed by atoms with Gasteiger partial charge in [0.2, 0.25) is 0 Å². The number of nitrogens with zero attached hydrogens (tertiary/aromatic N) is 1. The first-order valence-electron chi connectivity index (χ1n) is 9.00. The molecule has 0 radical (unpaired) electrons. The van der Waals surface area contributed by atoms with Crippen LogP contribution in [-0.2, 0) is 9.84 Å². The number of amides is 1. The van der Waals surface area contributed by atoms with Crippen molar-refractivity contribution >= 4 is 27.1 Å². The number of thiophene rings is 1. The van der Waals surface area contributed by atoms with Crippen molar-refractivity contribution in [2.24, 2.45) is 5.92 Å². The fourth-order valence-corrected chi connectivity index (χ4v) is 6.23. The Balaban J connectivity index is 1.62. The Labute approximate surface area is 159 Å². The second-order valence-corrected chi connectivity index (χ2v) is 10.4. The van der Waals surface area contributed by atoms with Crippen LogP contribution < -0.4 is 0 Å². The molecule has 0 unspecified atom stereocenters. The first-order valence-corrected chi connectivity index (χ1v) is 11.7. The molecule has 1 saturated heterocycles. The number of likely N-dealkylation sites (tertiary alicyclic amines) is 1. The molecule has 26 heavy (non-hydrogen) atoms. The monoisotopic (exact) mass is 391 g/mol. The summed E-state index contributed by atoms with van der Waals surface area (Å²) in [4.78, 5) is 14.5. The summed E-state index contributed by atoms with van der Waals surface area (Å²) >= 11 is 1.65. The van der Waals surface area contributed by atoms with Crippen molar-refractivity contribution in [2.45, 2.75) is 31.9 Å². The molecule has 1 aromatic heterocycles. The topological polar surface area (TPSA) is 54.5 Å². The van der Waals surface area contributed by atoms with Crippen LogP contribution >= 0.6 is 11.3 Å². The summed E-state index contributed by atoms with van der Waals surface area (Å²) in [6, 6.07) is 9.71. The standard InChI is InChI=1S/C20H25NO3S2/c1-15(2)14-26(23,24)19-7-10-21(11-8-19)20(22)17-5-3-16(4-6-17)18-9-12-25-13-18/h3-6,9,12-13,15,19H,7-8,10-11,14H2,1-2H3. The van der Waals surface area contributed by atoms with E-state index in [-0.39, 0.29) is 22.8 Å². The predicted molar refractivity (Wildman–Crippen MR) is 107 cm³/mol. The zero-order chi connectivity index (χ0) is 18.7. The van der Waals surface area contributed by atoms with Gasteiger partial charge >= 0.3 is 0 Å². The molecule has 1 aromatic carbocycles. The average Bonchev–Trinajstić information content (AvgIpc) is 3.15. The molecule has 2 heterocycles. The number of sulfone groups is 1. The molecule has 1 aliphatic rings. The Hall–Kier alpha value is -1.66. The Morgan fingerprint density at radius 2 is 1.77 bits per heavy atom. The van der Waals surface area contributed by atoms with E-state index in [2.05, 4.69) is 11.4 Å². The second kappa shape index (κ2) is 7.92. The normalized spacial score (nSPS) is 16.2. The van der Waals surface area contributed by atoms with Gasteiger partial charge in [0, 0.05) is 18.7 Å². The Morgan fingerprint density at radius 1 is 1.12 bits per heavy atom. The highest BCUT2D eigenvalue weighted by Gasteiger charge is 2.32. The van der Waals surface area contributed by atoms with Gasteiger partial charge in [-0.25, -0.2) is 8.42 Å². The van der Waals surface area contributed by atoms with E-state index in [9.17, 15) is 13.2 Å². The number of piperidine rings is 1. The van der Waals surface area contributed by atoms with Gasteiger partial charge in [0.05, 0.1) is 11.0 Å². The molecule has 0 aliphatic carbocycles. The summed E-state index contributed by atoms with van der Waals surface area (Å²) in [7, 11) is -3.06. The van der Waals surface area contributed by atoms with E-state index in [0.717, 1.165) is 11.1 Å². The van der Waals surface area contributed by atoms with E-state index in [1.807, 2.05) is 43.5 Å². The van der Waals surface area contributed by atoms with E-state index >= 15 is 0 Å². The third-order valence-electron chi connectivity index (χ3n) is 4.79. The van der Waals surface area contributed by atoms with Gasteiger partial charge in [-0.15, -0.1) is 0 Å². The Bertz CT molecular complexity index is 832. The SMILES string of the molecule is CC(C)CS(=O)(=O)C1CCN(C(=O)c2ccc(-c3ccsc3)cc2)CC1. The van der Waals surface area contributed by atoms with E-state index in [0.29, 0.717) is 31.5 Å². The zero-order valence-corrected chi connectivity index (χ0v) is 16.9. The summed E-state index contributed by atoms with van der Waals surface area (Å²) in [6.45, 7) is 4.87. The van der Waals surface area contributed by atoms with Crippen molar-refractivity contribution in [1.82, 2.24) is 4.90 Å². The van der Waals surface area contributed by atoms with Crippen molar-refractivity contribution < 1.29 is 13.2 Å². The lowest BCUT2D eigenvalue weighted by atomic mass is 10.0. The highest BCUT2D eigenvalue weighted by Crippen LogP contribution is 2.24. The van der Waals surface area contributed by atoms with Gasteiger partial charge in [-0.05, 0) is 58.8 Å². The largest absolute Gasteiger partial charge is 0.339 e. The molecule has 1 amide bonds. The summed E-state index contributed by atoms with van der Waals surface area (Å²) in [5.74, 6) is 0.360. The quantitative estimate of drug-likeness (QED) is 0.771. The van der Waals surface area contributed by atoms with Crippen LogP contribution in [0.25, 0.3) is 11.1 Å². The molecule has 6 heteroatoms. The molecule has 0 spiro atoms. The number of rotatable bonds is 5. The predicted octanol–water partition coefficient (Wildman–Crippen LogP) is 4.09. The molecular formula is C20H25NO3S2. The minimum Gasteiger partial charge on any atom is -0.339 e. The molecule has 1 fully saturated rings. The van der Waals surface area contributed by atoms with Gasteiger partial charge in [-0.1, -0.05) is 26.0 Å². The van der Waals surface area contributed by atoms with E-state index in [1.54, 1.807) is 16.2 Å². The van der Waals surface area contributed by atoms with Crippen molar-refractivity contribution in [2.75, 3.05) is 18.8 Å². The number of hydrogen-bond donors (Lipinski definition) is 0. The van der Waals surface area contributed by atoms with E-state index < -0.39 is 9.84 Å². The van der Waals surface area contributed by atoms with Crippen LogP contribution in [0.4, 0.5) is 0 Å². The van der Waals surface area contributed by atoms with Gasteiger partial charge in [0.1, 0.15) is 0 Å². The summed E-state index contributed by atoms with van der Waals surface area (Å²) in [5.41, 5.74) is 2.92. The fourth-order valence-electron chi connectivity index (χ4n) is 3.44.